The number of hydrogen-bond donors (Lipinski definition) is 0. The van der Waals surface area contributed by atoms with Crippen molar-refractivity contribution < 1.29 is 4.39 Å². The molecule has 1 heteroatoms. The smallest absolute Gasteiger partial charge is 0.100 e. The Morgan fingerprint density at radius 2 is 1.33 bits per heavy atom. The van der Waals surface area contributed by atoms with E-state index in [9.17, 15) is 4.39 Å². The van der Waals surface area contributed by atoms with Crippen molar-refractivity contribution in [3.8, 4) is 0 Å². The standard InChI is InChI=1S/C20H25F/c1-3-20(21)15-19(18-12-8-5-9-13-18)14-16(2)17-10-6-4-7-11-17/h4-13,16,19-20H,3,14-15H2,1-2H3. The van der Waals surface area contributed by atoms with Crippen molar-refractivity contribution in [2.24, 2.45) is 0 Å². The van der Waals surface area contributed by atoms with Gasteiger partial charge in [0.1, 0.15) is 6.17 Å². The number of rotatable bonds is 7. The quantitative estimate of drug-likeness (QED) is 0.576. The fraction of sp³-hybridized carbons (Fsp3) is 0.400. The fourth-order valence-corrected chi connectivity index (χ4v) is 2.91. The second-order valence-electron chi connectivity index (χ2n) is 5.90. The monoisotopic (exact) mass is 284 g/mol. The molecule has 0 heterocycles. The Bertz CT molecular complexity index is 506. The lowest BCUT2D eigenvalue weighted by Crippen LogP contribution is -2.10. The van der Waals surface area contributed by atoms with Crippen molar-refractivity contribution >= 4 is 0 Å². The summed E-state index contributed by atoms with van der Waals surface area (Å²) < 4.78 is 13.9. The second-order valence-corrected chi connectivity index (χ2v) is 5.90. The van der Waals surface area contributed by atoms with E-state index in [4.69, 9.17) is 0 Å². The van der Waals surface area contributed by atoms with Crippen LogP contribution in [0.4, 0.5) is 4.39 Å². The molecule has 2 aromatic carbocycles. The lowest BCUT2D eigenvalue weighted by atomic mass is 9.83. The van der Waals surface area contributed by atoms with E-state index in [1.165, 1.54) is 11.1 Å². The van der Waals surface area contributed by atoms with Crippen molar-refractivity contribution in [2.75, 3.05) is 0 Å². The third-order valence-electron chi connectivity index (χ3n) is 4.26. The van der Waals surface area contributed by atoms with Crippen LogP contribution in [0.25, 0.3) is 0 Å². The highest BCUT2D eigenvalue weighted by Gasteiger charge is 2.20. The third-order valence-corrected chi connectivity index (χ3v) is 4.26. The molecule has 0 fully saturated rings. The summed E-state index contributed by atoms with van der Waals surface area (Å²) >= 11 is 0. The first-order valence-electron chi connectivity index (χ1n) is 7.94. The summed E-state index contributed by atoms with van der Waals surface area (Å²) in [5.41, 5.74) is 2.60. The highest BCUT2D eigenvalue weighted by Crippen LogP contribution is 2.33. The molecule has 0 aliphatic rings. The van der Waals surface area contributed by atoms with Crippen LogP contribution in [0.2, 0.25) is 0 Å². The van der Waals surface area contributed by atoms with Crippen molar-refractivity contribution in [3.05, 3.63) is 71.8 Å². The minimum Gasteiger partial charge on any atom is -0.247 e. The van der Waals surface area contributed by atoms with Gasteiger partial charge in [-0.05, 0) is 42.2 Å². The maximum Gasteiger partial charge on any atom is 0.100 e. The van der Waals surface area contributed by atoms with Crippen LogP contribution in [0.5, 0.6) is 0 Å². The van der Waals surface area contributed by atoms with E-state index in [-0.39, 0.29) is 5.92 Å². The molecular weight excluding hydrogens is 259 g/mol. The minimum atomic E-state index is -0.710. The molecule has 2 rings (SSSR count). The van der Waals surface area contributed by atoms with E-state index >= 15 is 0 Å². The summed E-state index contributed by atoms with van der Waals surface area (Å²) in [5, 5.41) is 0. The van der Waals surface area contributed by atoms with Crippen LogP contribution in [0, 0.1) is 0 Å². The predicted molar refractivity (Wildman–Crippen MR) is 88.5 cm³/mol. The molecule has 0 amide bonds. The molecule has 0 N–H and O–H groups in total. The fourth-order valence-electron chi connectivity index (χ4n) is 2.91. The van der Waals surface area contributed by atoms with Gasteiger partial charge in [-0.15, -0.1) is 0 Å². The van der Waals surface area contributed by atoms with Gasteiger partial charge in [-0.25, -0.2) is 4.39 Å². The van der Waals surface area contributed by atoms with Crippen LogP contribution in [0.1, 0.15) is 56.1 Å². The normalized spacial score (nSPS) is 15.4. The zero-order valence-corrected chi connectivity index (χ0v) is 13.0. The summed E-state index contributed by atoms with van der Waals surface area (Å²) in [6, 6.07) is 20.9. The zero-order chi connectivity index (χ0) is 15.1. The highest BCUT2D eigenvalue weighted by molar-refractivity contribution is 5.23. The van der Waals surface area contributed by atoms with E-state index in [2.05, 4.69) is 55.5 Å². The molecule has 21 heavy (non-hydrogen) atoms. The van der Waals surface area contributed by atoms with E-state index in [0.717, 1.165) is 6.42 Å². The molecular formula is C20H25F. The average molecular weight is 284 g/mol. The molecule has 0 aliphatic carbocycles. The van der Waals surface area contributed by atoms with Crippen LogP contribution in [0.15, 0.2) is 60.7 Å². The van der Waals surface area contributed by atoms with E-state index in [1.807, 2.05) is 19.1 Å². The first-order valence-corrected chi connectivity index (χ1v) is 7.94. The topological polar surface area (TPSA) is 0 Å². The molecule has 0 spiro atoms. The Morgan fingerprint density at radius 1 is 0.810 bits per heavy atom. The predicted octanol–water partition coefficient (Wildman–Crippen LogP) is 6.10. The van der Waals surface area contributed by atoms with Gasteiger partial charge in [-0.1, -0.05) is 74.5 Å². The average Bonchev–Trinajstić information content (AvgIpc) is 2.55. The molecule has 0 saturated carbocycles. The zero-order valence-electron chi connectivity index (χ0n) is 13.0. The van der Waals surface area contributed by atoms with Crippen molar-refractivity contribution in [1.29, 1.82) is 0 Å². The molecule has 3 unspecified atom stereocenters. The molecule has 0 aromatic heterocycles. The maximum absolute atomic E-state index is 13.9. The highest BCUT2D eigenvalue weighted by atomic mass is 19.1. The summed E-state index contributed by atoms with van der Waals surface area (Å²) in [6.07, 6.45) is 1.51. The Balaban J connectivity index is 2.12. The van der Waals surface area contributed by atoms with Gasteiger partial charge in [0, 0.05) is 0 Å². The second kappa shape index (κ2) is 7.97. The lowest BCUT2D eigenvalue weighted by Gasteiger charge is -2.23. The number of hydrogen-bond acceptors (Lipinski definition) is 0. The molecule has 0 bridgehead atoms. The molecule has 0 nitrogen and oxygen atoms in total. The van der Waals surface area contributed by atoms with E-state index < -0.39 is 6.17 Å². The summed E-state index contributed by atoms with van der Waals surface area (Å²) in [4.78, 5) is 0. The molecule has 0 aliphatic heterocycles. The van der Waals surface area contributed by atoms with Crippen LogP contribution in [0.3, 0.4) is 0 Å². The lowest BCUT2D eigenvalue weighted by molar-refractivity contribution is 0.278. The molecule has 3 atom stereocenters. The SMILES string of the molecule is CCC(F)CC(CC(C)c1ccccc1)c1ccccc1. The Morgan fingerprint density at radius 3 is 1.86 bits per heavy atom. The van der Waals surface area contributed by atoms with Crippen LogP contribution in [-0.2, 0) is 0 Å². The summed E-state index contributed by atoms with van der Waals surface area (Å²) in [7, 11) is 0. The number of benzene rings is 2. The number of alkyl halides is 1. The first kappa shape index (κ1) is 15.8. The van der Waals surface area contributed by atoms with Gasteiger partial charge >= 0.3 is 0 Å². The van der Waals surface area contributed by atoms with Crippen molar-refractivity contribution in [2.45, 2.75) is 51.1 Å². The van der Waals surface area contributed by atoms with Crippen LogP contribution < -0.4 is 0 Å². The van der Waals surface area contributed by atoms with Crippen LogP contribution in [-0.4, -0.2) is 6.17 Å². The maximum atomic E-state index is 13.9. The van der Waals surface area contributed by atoms with Gasteiger partial charge in [0.25, 0.3) is 0 Å². The number of halogens is 1. The molecule has 2 aromatic rings. The first-order chi connectivity index (χ1) is 10.2. The van der Waals surface area contributed by atoms with Gasteiger partial charge < -0.3 is 0 Å². The van der Waals surface area contributed by atoms with Crippen molar-refractivity contribution in [1.82, 2.24) is 0 Å². The largest absolute Gasteiger partial charge is 0.247 e. The molecule has 112 valence electrons. The molecule has 0 saturated heterocycles. The van der Waals surface area contributed by atoms with Gasteiger partial charge in [-0.2, -0.15) is 0 Å². The Hall–Kier alpha value is -1.63. The summed E-state index contributed by atoms with van der Waals surface area (Å²) in [5.74, 6) is 0.733. The van der Waals surface area contributed by atoms with Gasteiger partial charge in [0.2, 0.25) is 0 Å². The van der Waals surface area contributed by atoms with Crippen molar-refractivity contribution in [3.63, 3.8) is 0 Å². The van der Waals surface area contributed by atoms with E-state index in [0.29, 0.717) is 18.8 Å². The van der Waals surface area contributed by atoms with Gasteiger partial charge in [-0.3, -0.25) is 0 Å². The summed E-state index contributed by atoms with van der Waals surface area (Å²) in [6.45, 7) is 4.16. The Labute approximate surface area is 128 Å². The Kier molecular flexibility index (Phi) is 5.98. The van der Waals surface area contributed by atoms with Crippen LogP contribution >= 0.6 is 0 Å². The van der Waals surface area contributed by atoms with Gasteiger partial charge in [0.05, 0.1) is 0 Å². The van der Waals surface area contributed by atoms with Gasteiger partial charge in [0.15, 0.2) is 0 Å². The molecule has 0 radical (unpaired) electrons. The minimum absolute atomic E-state index is 0.288. The van der Waals surface area contributed by atoms with E-state index in [1.54, 1.807) is 0 Å². The third kappa shape index (κ3) is 4.70.